The van der Waals surface area contributed by atoms with Gasteiger partial charge in [0.05, 0.1) is 0 Å². The van der Waals surface area contributed by atoms with Gasteiger partial charge >= 0.3 is 0 Å². The number of hydrogen-bond donors (Lipinski definition) is 0. The largest absolute Gasteiger partial charge is 0.146 e. The summed E-state index contributed by atoms with van der Waals surface area (Å²) in [5.74, 6) is -0.707. The maximum atomic E-state index is 9.95. The molecule has 0 bridgehead atoms. The Morgan fingerprint density at radius 3 is 1.88 bits per heavy atom. The zero-order chi connectivity index (χ0) is 38.4. The lowest BCUT2D eigenvalue weighted by Gasteiger charge is -2.39. The van der Waals surface area contributed by atoms with Gasteiger partial charge in [0.1, 0.15) is 8.07 Å². The molecule has 0 saturated heterocycles. The van der Waals surface area contributed by atoms with Gasteiger partial charge in [-0.25, -0.2) is 0 Å². The van der Waals surface area contributed by atoms with Gasteiger partial charge in [0, 0.05) is 35.9 Å². The quantitative estimate of drug-likeness (QED) is 0.129. The maximum Gasteiger partial charge on any atom is 0.146 e. The second-order valence-corrected chi connectivity index (χ2v) is 21.4. The molecular weight excluding hydrogens is 669 g/mol. The molecule has 2 aliphatic heterocycles. The summed E-state index contributed by atoms with van der Waals surface area (Å²) in [6.07, 6.45) is 3.72. The van der Waals surface area contributed by atoms with Gasteiger partial charge in [-0.3, -0.25) is 0 Å². The van der Waals surface area contributed by atoms with E-state index in [-0.39, 0.29) is 5.41 Å². The molecule has 9 rings (SSSR count). The van der Waals surface area contributed by atoms with E-state index >= 15 is 0 Å². The summed E-state index contributed by atoms with van der Waals surface area (Å²) in [6, 6.07) is 48.3. The summed E-state index contributed by atoms with van der Waals surface area (Å²) in [6.45, 7) is 6.86. The number of benzene rings is 6. The highest BCUT2D eigenvalue weighted by Gasteiger charge is 2.42. The van der Waals surface area contributed by atoms with Crippen molar-refractivity contribution in [1.29, 1.82) is 0 Å². The van der Waals surface area contributed by atoms with Crippen LogP contribution in [0.15, 0.2) is 153 Å². The molecule has 6 aromatic carbocycles. The van der Waals surface area contributed by atoms with E-state index in [2.05, 4.69) is 124 Å². The molecule has 51 heavy (non-hydrogen) atoms. The van der Waals surface area contributed by atoms with E-state index in [9.17, 15) is 1.37 Å². The van der Waals surface area contributed by atoms with Crippen molar-refractivity contribution in [3.8, 4) is 11.1 Å². The molecule has 3 aliphatic rings. The Kier molecular flexibility index (Phi) is 7.02. The first kappa shape index (κ1) is 28.8. The van der Waals surface area contributed by atoms with E-state index in [1.807, 2.05) is 49.0 Å². The van der Waals surface area contributed by atoms with Crippen LogP contribution in [0.3, 0.4) is 0 Å². The van der Waals surface area contributed by atoms with Crippen LogP contribution in [-0.2, 0) is 10.8 Å². The van der Waals surface area contributed by atoms with E-state index in [1.54, 1.807) is 11.8 Å². The summed E-state index contributed by atoms with van der Waals surface area (Å²) < 4.78 is 36.7. The zero-order valence-electron chi connectivity index (χ0n) is 33.8. The van der Waals surface area contributed by atoms with Gasteiger partial charge in [-0.2, -0.15) is 0 Å². The fourth-order valence-electron chi connectivity index (χ4n) is 9.04. The molecule has 0 N–H and O–H groups in total. The van der Waals surface area contributed by atoms with Crippen LogP contribution in [0.4, 0.5) is 0 Å². The summed E-state index contributed by atoms with van der Waals surface area (Å²) in [7, 11) is -2.72. The molecule has 2 unspecified atom stereocenters. The van der Waals surface area contributed by atoms with Crippen molar-refractivity contribution in [3.05, 3.63) is 161 Å². The summed E-state index contributed by atoms with van der Waals surface area (Å²) in [5, 5.41) is 4.04. The molecule has 254 valence electrons. The van der Waals surface area contributed by atoms with Crippen LogP contribution < -0.4 is 15.6 Å². The molecule has 0 nitrogen and oxygen atoms in total. The monoisotopic (exact) mass is 718 g/mol. The van der Waals surface area contributed by atoms with Crippen molar-refractivity contribution < 1.29 is 5.48 Å². The SMILES string of the molecule is [2H]C1(c2ccc([Si](C)(c3ccccc3)c3cccc4c3Sc3ccccc3C4(C)C)cc2-c2cccc3c2Sc2ccccc2C3(C)C([2H])([2H])[2H])CCCC1. The molecule has 6 aromatic rings. The average molecular weight is 719 g/mol. The first-order valence-corrected chi connectivity index (χ1v) is 22.4. The van der Waals surface area contributed by atoms with Gasteiger partial charge in [-0.15, -0.1) is 0 Å². The molecule has 1 fully saturated rings. The third kappa shape index (κ3) is 5.17. The summed E-state index contributed by atoms with van der Waals surface area (Å²) in [5.41, 5.74) is 6.26. The Labute approximate surface area is 319 Å². The third-order valence-electron chi connectivity index (χ3n) is 12.0. The topological polar surface area (TPSA) is 0 Å². The minimum atomic E-state index is -2.72. The van der Waals surface area contributed by atoms with Crippen LogP contribution in [0, 0.1) is 0 Å². The van der Waals surface area contributed by atoms with Gasteiger partial charge in [0.2, 0.25) is 0 Å². The molecule has 0 aromatic heterocycles. The molecule has 1 aliphatic carbocycles. The number of rotatable bonds is 5. The number of hydrogen-bond acceptors (Lipinski definition) is 2. The molecule has 0 amide bonds. The van der Waals surface area contributed by atoms with E-state index < -0.39 is 26.2 Å². The van der Waals surface area contributed by atoms with Crippen molar-refractivity contribution >= 4 is 47.2 Å². The predicted octanol–water partition coefficient (Wildman–Crippen LogP) is 11.7. The van der Waals surface area contributed by atoms with Crippen LogP contribution >= 0.6 is 23.5 Å². The standard InChI is InChI=1S/C48H46S2Si/c1-47(2)38-22-11-13-26-42(38)49-45-36(21-15-24-40(45)47)37-31-34(29-30-35(37)32-17-9-10-18-32)51(5,33-19-7-6-8-20-33)44-28-16-25-41-46(44)50-43-27-14-12-23-39(43)48(41,3)4/h6-8,11-16,19-32H,9-10,17-18H2,1-5H3/i1D3,32D. The normalized spacial score (nSPS) is 22.1. The maximum absolute atomic E-state index is 9.95. The van der Waals surface area contributed by atoms with E-state index in [0.29, 0.717) is 0 Å². The van der Waals surface area contributed by atoms with Gasteiger partial charge in [-0.05, 0) is 85.4 Å². The van der Waals surface area contributed by atoms with Crippen LogP contribution in [0.25, 0.3) is 11.1 Å². The second-order valence-electron chi connectivity index (χ2n) is 15.4. The van der Waals surface area contributed by atoms with E-state index in [4.69, 9.17) is 4.11 Å². The molecule has 0 radical (unpaired) electrons. The van der Waals surface area contributed by atoms with Crippen molar-refractivity contribution in [2.24, 2.45) is 0 Å². The Morgan fingerprint density at radius 2 is 1.18 bits per heavy atom. The van der Waals surface area contributed by atoms with E-state index in [0.717, 1.165) is 63.3 Å². The lowest BCUT2D eigenvalue weighted by molar-refractivity contribution is 0.608. The van der Waals surface area contributed by atoms with Crippen molar-refractivity contribution in [1.82, 2.24) is 0 Å². The Morgan fingerprint density at radius 1 is 0.588 bits per heavy atom. The molecule has 2 heterocycles. The van der Waals surface area contributed by atoms with Crippen LogP contribution in [0.5, 0.6) is 0 Å². The predicted molar refractivity (Wildman–Crippen MR) is 222 cm³/mol. The lowest BCUT2D eigenvalue weighted by atomic mass is 9.76. The van der Waals surface area contributed by atoms with Crippen LogP contribution in [-0.4, -0.2) is 8.07 Å². The molecular formula is C48H46S2Si. The highest BCUT2D eigenvalue weighted by molar-refractivity contribution is 8.00. The number of fused-ring (bicyclic) bond motifs is 4. The Bertz CT molecular complexity index is 2470. The van der Waals surface area contributed by atoms with Gasteiger partial charge in [0.15, 0.2) is 0 Å². The Balaban J connectivity index is 1.32. The lowest BCUT2D eigenvalue weighted by Crippen LogP contribution is -2.65. The fourth-order valence-corrected chi connectivity index (χ4v) is 16.3. The molecule has 1 saturated carbocycles. The first-order valence-electron chi connectivity index (χ1n) is 20.3. The fraction of sp³-hybridized carbons (Fsp3) is 0.250. The van der Waals surface area contributed by atoms with Crippen molar-refractivity contribution in [3.63, 3.8) is 0 Å². The smallest absolute Gasteiger partial charge is 0.0895 e. The van der Waals surface area contributed by atoms with Crippen LogP contribution in [0.1, 0.15) is 92.5 Å². The second kappa shape index (κ2) is 12.4. The van der Waals surface area contributed by atoms with E-state index in [1.165, 1.54) is 36.5 Å². The molecule has 3 heteroatoms. The summed E-state index contributed by atoms with van der Waals surface area (Å²) >= 11 is 3.60. The van der Waals surface area contributed by atoms with Gasteiger partial charge in [-0.1, -0.05) is 192 Å². The average Bonchev–Trinajstić information content (AvgIpc) is 3.64. The van der Waals surface area contributed by atoms with Crippen LogP contribution in [0.2, 0.25) is 6.55 Å². The first-order chi connectivity index (χ1) is 26.3. The highest BCUT2D eigenvalue weighted by atomic mass is 32.2. The minimum Gasteiger partial charge on any atom is -0.0895 e. The van der Waals surface area contributed by atoms with Gasteiger partial charge < -0.3 is 0 Å². The minimum absolute atomic E-state index is 0.152. The zero-order valence-corrected chi connectivity index (χ0v) is 32.5. The molecule has 2 atom stereocenters. The highest BCUT2D eigenvalue weighted by Crippen LogP contribution is 2.53. The molecule has 0 spiro atoms. The van der Waals surface area contributed by atoms with Crippen molar-refractivity contribution in [2.75, 3.05) is 0 Å². The van der Waals surface area contributed by atoms with Crippen molar-refractivity contribution in [2.45, 2.75) is 96.2 Å². The third-order valence-corrected chi connectivity index (χ3v) is 19.1. The van der Waals surface area contributed by atoms with Gasteiger partial charge in [0.25, 0.3) is 0 Å². The summed E-state index contributed by atoms with van der Waals surface area (Å²) in [4.78, 5) is 4.66. The Hall–Kier alpha value is -3.76.